The summed E-state index contributed by atoms with van der Waals surface area (Å²) in [5.41, 5.74) is 2.44. The summed E-state index contributed by atoms with van der Waals surface area (Å²) >= 11 is 6.46. The highest BCUT2D eigenvalue weighted by atomic mass is 35.5. The average Bonchev–Trinajstić information content (AvgIpc) is 3.35. The summed E-state index contributed by atoms with van der Waals surface area (Å²) in [6, 6.07) is 9.41. The number of pyridine rings is 1. The highest BCUT2D eigenvalue weighted by Crippen LogP contribution is 2.32. The third-order valence-electron chi connectivity index (χ3n) is 5.65. The molecule has 0 aliphatic rings. The molecule has 4 aromatic heterocycles. The third-order valence-corrected chi connectivity index (χ3v) is 5.94. The number of rotatable bonds is 5. The van der Waals surface area contributed by atoms with E-state index in [0.717, 1.165) is 21.4 Å². The molecule has 4 heterocycles. The number of nitrogens with zero attached hydrogens (tertiary/aromatic N) is 6. The van der Waals surface area contributed by atoms with E-state index in [1.807, 2.05) is 48.0 Å². The Morgan fingerprint density at radius 3 is 2.64 bits per heavy atom. The van der Waals surface area contributed by atoms with Crippen molar-refractivity contribution in [2.45, 2.75) is 13.5 Å². The van der Waals surface area contributed by atoms with Crippen LogP contribution in [0.4, 0.5) is 0 Å². The first-order chi connectivity index (χ1) is 15.9. The molecule has 168 valence electrons. The van der Waals surface area contributed by atoms with Crippen molar-refractivity contribution in [3.8, 4) is 17.0 Å². The second kappa shape index (κ2) is 7.93. The molecule has 9 nitrogen and oxygen atoms in total. The normalized spacial score (nSPS) is 11.5. The summed E-state index contributed by atoms with van der Waals surface area (Å²) in [6.07, 6.45) is 5.34. The van der Waals surface area contributed by atoms with Crippen molar-refractivity contribution < 1.29 is 4.74 Å². The molecule has 0 fully saturated rings. The Balaban J connectivity index is 1.81. The largest absolute Gasteiger partial charge is 0.492 e. The molecule has 5 rings (SSSR count). The molecule has 1 aromatic carbocycles. The van der Waals surface area contributed by atoms with Crippen LogP contribution in [0.2, 0.25) is 5.02 Å². The number of halogens is 1. The Kier molecular flexibility index (Phi) is 5.05. The molecule has 33 heavy (non-hydrogen) atoms. The number of hydrogen-bond donors (Lipinski definition) is 0. The van der Waals surface area contributed by atoms with Gasteiger partial charge in [-0.3, -0.25) is 23.3 Å². The van der Waals surface area contributed by atoms with Crippen LogP contribution in [0.15, 0.2) is 58.5 Å². The molecule has 0 N–H and O–H groups in total. The van der Waals surface area contributed by atoms with Gasteiger partial charge < -0.3 is 9.30 Å². The van der Waals surface area contributed by atoms with Gasteiger partial charge in [-0.1, -0.05) is 17.7 Å². The van der Waals surface area contributed by atoms with Crippen molar-refractivity contribution in [2.75, 3.05) is 6.61 Å². The van der Waals surface area contributed by atoms with E-state index in [1.165, 1.54) is 11.6 Å². The Bertz CT molecular complexity index is 1630. The van der Waals surface area contributed by atoms with Gasteiger partial charge in [0.05, 0.1) is 23.9 Å². The summed E-state index contributed by atoms with van der Waals surface area (Å²) in [4.78, 5) is 34.3. The lowest BCUT2D eigenvalue weighted by Gasteiger charge is -2.11. The van der Waals surface area contributed by atoms with E-state index in [-0.39, 0.29) is 0 Å². The van der Waals surface area contributed by atoms with Gasteiger partial charge in [0.15, 0.2) is 11.2 Å². The van der Waals surface area contributed by atoms with Crippen molar-refractivity contribution in [3.05, 3.63) is 80.3 Å². The first kappa shape index (κ1) is 21.0. The lowest BCUT2D eigenvalue weighted by molar-refractivity contribution is 0.340. The number of imidazole rings is 2. The molecule has 0 saturated carbocycles. The standard InChI is InChI=1S/C23H21ClN6O3/c1-4-33-18-8-7-15(10-16(18)24)17-13-30-19-20(27(2)23(32)28(3)21(19)31)26-22(30)29(17)12-14-6-5-9-25-11-14/h5-11,13H,4,12H2,1-3H3. The zero-order chi connectivity index (χ0) is 23.3. The minimum atomic E-state index is -0.425. The number of aryl methyl sites for hydroxylation is 1. The molecule has 5 aromatic rings. The van der Waals surface area contributed by atoms with Crippen LogP contribution in [0.5, 0.6) is 5.75 Å². The van der Waals surface area contributed by atoms with E-state index in [9.17, 15) is 9.59 Å². The molecule has 0 saturated heterocycles. The van der Waals surface area contributed by atoms with Crippen LogP contribution in [0.25, 0.3) is 28.2 Å². The SMILES string of the molecule is CCOc1ccc(-c2cn3c4c(=O)n(C)c(=O)n(C)c4nc3n2Cc2cccnc2)cc1Cl. The van der Waals surface area contributed by atoms with Gasteiger partial charge in [0.2, 0.25) is 5.78 Å². The van der Waals surface area contributed by atoms with E-state index >= 15 is 0 Å². The molecule has 0 aliphatic heterocycles. The van der Waals surface area contributed by atoms with Crippen molar-refractivity contribution in [1.29, 1.82) is 0 Å². The van der Waals surface area contributed by atoms with Crippen molar-refractivity contribution in [3.63, 3.8) is 0 Å². The summed E-state index contributed by atoms with van der Waals surface area (Å²) in [5, 5.41) is 0.490. The van der Waals surface area contributed by atoms with Crippen LogP contribution in [-0.4, -0.2) is 34.7 Å². The molecular formula is C23H21ClN6O3. The minimum absolute atomic E-state index is 0.328. The summed E-state index contributed by atoms with van der Waals surface area (Å²) in [5.74, 6) is 1.14. The zero-order valence-electron chi connectivity index (χ0n) is 18.3. The topological polar surface area (TPSA) is 88.4 Å². The molecule has 0 atom stereocenters. The smallest absolute Gasteiger partial charge is 0.332 e. The molecule has 0 amide bonds. The Morgan fingerprint density at radius 1 is 1.12 bits per heavy atom. The number of hydrogen-bond acceptors (Lipinski definition) is 5. The maximum atomic E-state index is 13.0. The lowest BCUT2D eigenvalue weighted by atomic mass is 10.1. The maximum absolute atomic E-state index is 13.0. The minimum Gasteiger partial charge on any atom is -0.492 e. The number of benzene rings is 1. The quantitative estimate of drug-likeness (QED) is 0.399. The summed E-state index contributed by atoms with van der Waals surface area (Å²) in [7, 11) is 3.07. The lowest BCUT2D eigenvalue weighted by Crippen LogP contribution is -2.37. The average molecular weight is 465 g/mol. The molecule has 0 aliphatic carbocycles. The van der Waals surface area contributed by atoms with Gasteiger partial charge in [0.1, 0.15) is 5.75 Å². The van der Waals surface area contributed by atoms with Crippen LogP contribution in [0.1, 0.15) is 12.5 Å². The third kappa shape index (κ3) is 3.32. The van der Waals surface area contributed by atoms with E-state index in [0.29, 0.717) is 40.9 Å². The second-order valence-electron chi connectivity index (χ2n) is 7.70. The predicted octanol–water partition coefficient (Wildman–Crippen LogP) is 2.85. The van der Waals surface area contributed by atoms with Crippen molar-refractivity contribution >= 4 is 28.5 Å². The van der Waals surface area contributed by atoms with E-state index in [2.05, 4.69) is 9.97 Å². The highest BCUT2D eigenvalue weighted by molar-refractivity contribution is 6.32. The first-order valence-electron chi connectivity index (χ1n) is 10.4. The van der Waals surface area contributed by atoms with Gasteiger partial charge >= 0.3 is 5.69 Å². The number of fused-ring (bicyclic) bond motifs is 3. The van der Waals surface area contributed by atoms with Gasteiger partial charge in [-0.05, 0) is 36.8 Å². The van der Waals surface area contributed by atoms with E-state index in [1.54, 1.807) is 23.8 Å². The molecule has 0 radical (unpaired) electrons. The van der Waals surface area contributed by atoms with Gasteiger partial charge in [0, 0.05) is 38.2 Å². The highest BCUT2D eigenvalue weighted by Gasteiger charge is 2.21. The Labute approximate surface area is 193 Å². The van der Waals surface area contributed by atoms with Crippen LogP contribution < -0.4 is 16.0 Å². The van der Waals surface area contributed by atoms with Crippen molar-refractivity contribution in [1.82, 2.24) is 28.1 Å². The van der Waals surface area contributed by atoms with Gasteiger partial charge in [-0.15, -0.1) is 0 Å². The zero-order valence-corrected chi connectivity index (χ0v) is 19.1. The molecule has 0 bridgehead atoms. The summed E-state index contributed by atoms with van der Waals surface area (Å²) < 4.78 is 11.7. The monoisotopic (exact) mass is 464 g/mol. The fourth-order valence-corrected chi connectivity index (χ4v) is 4.24. The fourth-order valence-electron chi connectivity index (χ4n) is 4.01. The van der Waals surface area contributed by atoms with Gasteiger partial charge in [-0.2, -0.15) is 4.98 Å². The second-order valence-corrected chi connectivity index (χ2v) is 8.11. The summed E-state index contributed by atoms with van der Waals surface area (Å²) in [6.45, 7) is 2.87. The van der Waals surface area contributed by atoms with Crippen LogP contribution in [0.3, 0.4) is 0 Å². The van der Waals surface area contributed by atoms with Crippen molar-refractivity contribution in [2.24, 2.45) is 14.1 Å². The molecule has 0 unspecified atom stereocenters. The predicted molar refractivity (Wildman–Crippen MR) is 126 cm³/mol. The number of ether oxygens (including phenoxy) is 1. The molecule has 10 heteroatoms. The van der Waals surface area contributed by atoms with Gasteiger partial charge in [-0.25, -0.2) is 4.79 Å². The maximum Gasteiger partial charge on any atom is 0.332 e. The van der Waals surface area contributed by atoms with Crippen LogP contribution in [0, 0.1) is 0 Å². The fraction of sp³-hybridized carbons (Fsp3) is 0.217. The Morgan fingerprint density at radius 2 is 1.94 bits per heavy atom. The molecular weight excluding hydrogens is 444 g/mol. The first-order valence-corrected chi connectivity index (χ1v) is 10.8. The van der Waals surface area contributed by atoms with E-state index in [4.69, 9.17) is 16.3 Å². The molecule has 0 spiro atoms. The van der Waals surface area contributed by atoms with Crippen LogP contribution in [-0.2, 0) is 20.6 Å². The Hall–Kier alpha value is -3.85. The van der Waals surface area contributed by atoms with E-state index < -0.39 is 11.2 Å². The van der Waals surface area contributed by atoms with Crippen LogP contribution >= 0.6 is 11.6 Å². The number of aromatic nitrogens is 6. The van der Waals surface area contributed by atoms with Gasteiger partial charge in [0.25, 0.3) is 5.56 Å².